The van der Waals surface area contributed by atoms with Crippen LogP contribution in [0.2, 0.25) is 0 Å². The Bertz CT molecular complexity index is 381. The maximum Gasteiger partial charge on any atom is 0.0942 e. The number of ether oxygens (including phenoxy) is 1. The molecule has 0 aliphatic heterocycles. The molecule has 0 heterocycles. The van der Waals surface area contributed by atoms with Gasteiger partial charge in [-0.2, -0.15) is 0 Å². The highest BCUT2D eigenvalue weighted by Crippen LogP contribution is 2.25. The first kappa shape index (κ1) is 17.2. The predicted molar refractivity (Wildman–Crippen MR) is 84.1 cm³/mol. The molecule has 2 N–H and O–H groups in total. The maximum absolute atomic E-state index is 10.5. The second-order valence-corrected chi connectivity index (χ2v) is 6.28. The van der Waals surface area contributed by atoms with Crippen molar-refractivity contribution in [2.24, 2.45) is 0 Å². The molecule has 0 saturated carbocycles. The van der Waals surface area contributed by atoms with E-state index in [2.05, 4.69) is 45.1 Å². The lowest BCUT2D eigenvalue weighted by Gasteiger charge is -2.25. The zero-order valence-electron chi connectivity index (χ0n) is 13.4. The van der Waals surface area contributed by atoms with E-state index in [-0.39, 0.29) is 11.5 Å². The van der Waals surface area contributed by atoms with E-state index in [1.165, 1.54) is 5.56 Å². The molecule has 0 saturated heterocycles. The van der Waals surface area contributed by atoms with E-state index in [0.717, 1.165) is 18.5 Å². The number of aliphatic hydroxyl groups is 1. The smallest absolute Gasteiger partial charge is 0.0942 e. The molecule has 2 atom stereocenters. The molecule has 0 amide bonds. The van der Waals surface area contributed by atoms with Crippen LogP contribution in [0.15, 0.2) is 24.3 Å². The van der Waals surface area contributed by atoms with E-state index < -0.39 is 6.10 Å². The van der Waals surface area contributed by atoms with Crippen LogP contribution in [0, 0.1) is 0 Å². The molecule has 0 spiro atoms. The Morgan fingerprint density at radius 3 is 2.25 bits per heavy atom. The first-order chi connectivity index (χ1) is 9.40. The highest BCUT2D eigenvalue weighted by molar-refractivity contribution is 5.29. The fourth-order valence-electron chi connectivity index (χ4n) is 2.24. The summed E-state index contributed by atoms with van der Waals surface area (Å²) in [7, 11) is 1.68. The number of methoxy groups -OCH3 is 1. The van der Waals surface area contributed by atoms with Crippen LogP contribution in [0.5, 0.6) is 0 Å². The quantitative estimate of drug-likeness (QED) is 0.754. The van der Waals surface area contributed by atoms with Crippen molar-refractivity contribution in [2.75, 3.05) is 20.3 Å². The van der Waals surface area contributed by atoms with E-state index >= 15 is 0 Å². The molecule has 1 rings (SSSR count). The van der Waals surface area contributed by atoms with Crippen LogP contribution in [-0.4, -0.2) is 31.4 Å². The zero-order chi connectivity index (χ0) is 15.2. The Kier molecular flexibility index (Phi) is 6.66. The van der Waals surface area contributed by atoms with E-state index in [4.69, 9.17) is 4.74 Å². The van der Waals surface area contributed by atoms with Gasteiger partial charge in [-0.05, 0) is 23.0 Å². The van der Waals surface area contributed by atoms with Crippen molar-refractivity contribution < 1.29 is 9.84 Å². The van der Waals surface area contributed by atoms with Crippen LogP contribution in [-0.2, 0) is 10.2 Å². The van der Waals surface area contributed by atoms with Gasteiger partial charge < -0.3 is 15.2 Å². The lowest BCUT2D eigenvalue weighted by Crippen LogP contribution is -2.36. The van der Waals surface area contributed by atoms with E-state index in [0.29, 0.717) is 6.61 Å². The summed E-state index contributed by atoms with van der Waals surface area (Å²) in [6.45, 7) is 10.1. The Hall–Kier alpha value is -0.900. The minimum Gasteiger partial charge on any atom is -0.387 e. The number of hydrogen-bond donors (Lipinski definition) is 2. The number of aliphatic hydroxyl groups excluding tert-OH is 1. The third-order valence-corrected chi connectivity index (χ3v) is 3.65. The second kappa shape index (κ2) is 7.77. The van der Waals surface area contributed by atoms with Gasteiger partial charge in [0.15, 0.2) is 0 Å². The highest BCUT2D eigenvalue weighted by atomic mass is 16.5. The van der Waals surface area contributed by atoms with Crippen LogP contribution in [0.25, 0.3) is 0 Å². The van der Waals surface area contributed by atoms with E-state index in [1.807, 2.05) is 12.1 Å². The third kappa shape index (κ3) is 4.89. The van der Waals surface area contributed by atoms with Gasteiger partial charge in [-0.15, -0.1) is 0 Å². The van der Waals surface area contributed by atoms with Crippen molar-refractivity contribution in [3.05, 3.63) is 35.4 Å². The highest BCUT2D eigenvalue weighted by Gasteiger charge is 2.20. The van der Waals surface area contributed by atoms with Crippen LogP contribution >= 0.6 is 0 Å². The largest absolute Gasteiger partial charge is 0.387 e. The molecule has 1 aromatic carbocycles. The minimum atomic E-state index is -0.481. The molecule has 3 nitrogen and oxygen atoms in total. The zero-order valence-corrected chi connectivity index (χ0v) is 13.4. The van der Waals surface area contributed by atoms with Crippen molar-refractivity contribution in [1.29, 1.82) is 0 Å². The minimum absolute atomic E-state index is 0.0608. The van der Waals surface area contributed by atoms with Gasteiger partial charge >= 0.3 is 0 Å². The first-order valence-electron chi connectivity index (χ1n) is 7.41. The lowest BCUT2D eigenvalue weighted by molar-refractivity contribution is 0.117. The molecular formula is C17H29NO2. The molecule has 0 bridgehead atoms. The lowest BCUT2D eigenvalue weighted by atomic mass is 9.86. The number of hydrogen-bond acceptors (Lipinski definition) is 3. The van der Waals surface area contributed by atoms with Crippen molar-refractivity contribution >= 4 is 0 Å². The third-order valence-electron chi connectivity index (χ3n) is 3.65. The Morgan fingerprint density at radius 2 is 1.80 bits per heavy atom. The standard InChI is InChI=1S/C17H29NO2/c1-6-15(18-11-12-20-5)16(19)13-7-9-14(10-8-13)17(2,3)4/h7-10,15-16,18-19H,6,11-12H2,1-5H3. The maximum atomic E-state index is 10.5. The monoisotopic (exact) mass is 279 g/mol. The molecule has 3 heteroatoms. The second-order valence-electron chi connectivity index (χ2n) is 6.28. The Balaban J connectivity index is 2.72. The summed E-state index contributed by atoms with van der Waals surface area (Å²) in [5, 5.41) is 13.8. The van der Waals surface area contributed by atoms with Crippen LogP contribution < -0.4 is 5.32 Å². The van der Waals surface area contributed by atoms with Gasteiger partial charge in [0.1, 0.15) is 0 Å². The van der Waals surface area contributed by atoms with Gasteiger partial charge in [0.05, 0.1) is 12.7 Å². The van der Waals surface area contributed by atoms with Crippen molar-refractivity contribution in [3.63, 3.8) is 0 Å². The van der Waals surface area contributed by atoms with Gasteiger partial charge in [0.2, 0.25) is 0 Å². The number of nitrogens with one attached hydrogen (secondary N) is 1. The molecule has 114 valence electrons. The average molecular weight is 279 g/mol. The molecular weight excluding hydrogens is 250 g/mol. The fourth-order valence-corrected chi connectivity index (χ4v) is 2.24. The summed E-state index contributed by atoms with van der Waals surface area (Å²) >= 11 is 0. The molecule has 0 aromatic heterocycles. The molecule has 0 radical (unpaired) electrons. The normalized spacial score (nSPS) is 15.1. The summed E-state index contributed by atoms with van der Waals surface area (Å²) < 4.78 is 5.03. The summed E-state index contributed by atoms with van der Waals surface area (Å²) in [6.07, 6.45) is 0.400. The summed E-state index contributed by atoms with van der Waals surface area (Å²) in [6, 6.07) is 8.35. The first-order valence-corrected chi connectivity index (χ1v) is 7.41. The molecule has 0 aliphatic rings. The molecule has 0 fully saturated rings. The van der Waals surface area contributed by atoms with Crippen LogP contribution in [0.4, 0.5) is 0 Å². The van der Waals surface area contributed by atoms with Crippen molar-refractivity contribution in [2.45, 2.75) is 51.7 Å². The number of rotatable bonds is 7. The van der Waals surface area contributed by atoms with Gasteiger partial charge in [-0.25, -0.2) is 0 Å². The molecule has 1 aromatic rings. The van der Waals surface area contributed by atoms with Gasteiger partial charge in [-0.3, -0.25) is 0 Å². The summed E-state index contributed by atoms with van der Waals surface area (Å²) in [5.41, 5.74) is 2.40. The molecule has 2 unspecified atom stereocenters. The van der Waals surface area contributed by atoms with Crippen molar-refractivity contribution in [3.8, 4) is 0 Å². The topological polar surface area (TPSA) is 41.5 Å². The van der Waals surface area contributed by atoms with E-state index in [9.17, 15) is 5.11 Å². The van der Waals surface area contributed by atoms with Gasteiger partial charge in [0, 0.05) is 19.7 Å². The Morgan fingerprint density at radius 1 is 1.20 bits per heavy atom. The summed E-state index contributed by atoms with van der Waals surface area (Å²) in [5.74, 6) is 0. The molecule has 0 aliphatic carbocycles. The Labute approximate surface area is 123 Å². The number of benzene rings is 1. The van der Waals surface area contributed by atoms with Crippen LogP contribution in [0.1, 0.15) is 51.3 Å². The SMILES string of the molecule is CCC(NCCOC)C(O)c1ccc(C(C)(C)C)cc1. The average Bonchev–Trinajstić information content (AvgIpc) is 2.42. The van der Waals surface area contributed by atoms with Crippen LogP contribution in [0.3, 0.4) is 0 Å². The predicted octanol–water partition coefficient (Wildman–Crippen LogP) is 3.03. The summed E-state index contributed by atoms with van der Waals surface area (Å²) in [4.78, 5) is 0. The van der Waals surface area contributed by atoms with Gasteiger partial charge in [-0.1, -0.05) is 52.0 Å². The van der Waals surface area contributed by atoms with E-state index in [1.54, 1.807) is 7.11 Å². The fraction of sp³-hybridized carbons (Fsp3) is 0.647. The van der Waals surface area contributed by atoms with Gasteiger partial charge in [0.25, 0.3) is 0 Å². The van der Waals surface area contributed by atoms with Crippen molar-refractivity contribution in [1.82, 2.24) is 5.32 Å². The molecule has 20 heavy (non-hydrogen) atoms.